The number of nitrogens with zero attached hydrogens (tertiary/aromatic N) is 1. The number of phenols is 1. The predicted octanol–water partition coefficient (Wildman–Crippen LogP) is 4.52. The van der Waals surface area contributed by atoms with Crippen molar-refractivity contribution >= 4 is 5.91 Å². The van der Waals surface area contributed by atoms with Gasteiger partial charge in [0.15, 0.2) is 11.5 Å². The first-order chi connectivity index (χ1) is 14.0. The second-order valence-corrected chi connectivity index (χ2v) is 8.82. The van der Waals surface area contributed by atoms with E-state index in [0.717, 1.165) is 32.0 Å². The Morgan fingerprint density at radius 1 is 1.17 bits per heavy atom. The number of hydrogen-bond donors (Lipinski definition) is 3. The number of rotatable bonds is 9. The third kappa shape index (κ3) is 16.1. The van der Waals surface area contributed by atoms with Crippen molar-refractivity contribution in [2.24, 2.45) is 17.1 Å². The van der Waals surface area contributed by atoms with Gasteiger partial charge >= 0.3 is 0 Å². The number of amides is 1. The number of methoxy groups -OCH3 is 1. The molecule has 0 saturated carbocycles. The fourth-order valence-corrected chi connectivity index (χ4v) is 2.26. The molecule has 1 rings (SSSR count). The van der Waals surface area contributed by atoms with Crippen LogP contribution in [0.25, 0.3) is 0 Å². The molecule has 0 radical (unpaired) electrons. The molecular weight excluding hydrogens is 378 g/mol. The summed E-state index contributed by atoms with van der Waals surface area (Å²) in [6, 6.07) is 4.56. The highest BCUT2D eigenvalue weighted by Gasteiger charge is 2.14. The molecule has 0 heterocycles. The van der Waals surface area contributed by atoms with Crippen LogP contribution in [0.1, 0.15) is 72.2 Å². The molecule has 0 aliphatic heterocycles. The Labute approximate surface area is 185 Å². The summed E-state index contributed by atoms with van der Waals surface area (Å²) in [4.78, 5) is 14.5. The Morgan fingerprint density at radius 3 is 2.20 bits per heavy atom. The van der Waals surface area contributed by atoms with E-state index in [2.05, 4.69) is 51.8 Å². The number of nitrogens with one attached hydrogen (secondary N) is 1. The molecule has 6 heteroatoms. The van der Waals surface area contributed by atoms with Crippen LogP contribution in [0.15, 0.2) is 18.2 Å². The average Bonchev–Trinajstić information content (AvgIpc) is 2.67. The number of nitrogens with two attached hydrogens (primary N) is 1. The lowest BCUT2D eigenvalue weighted by atomic mass is 9.92. The summed E-state index contributed by atoms with van der Waals surface area (Å²) < 4.78 is 5.02. The monoisotopic (exact) mass is 425 g/mol. The Kier molecular flexibility index (Phi) is 17.2. The minimum atomic E-state index is -0.184. The number of benzene rings is 1. The van der Waals surface area contributed by atoms with Crippen LogP contribution in [0.3, 0.4) is 0 Å². The third-order valence-corrected chi connectivity index (χ3v) is 3.78. The maximum atomic E-state index is 12.2. The molecular formula is C24H47N3O3. The highest BCUT2D eigenvalue weighted by Crippen LogP contribution is 2.26. The highest BCUT2D eigenvalue weighted by molar-refractivity contribution is 5.94. The summed E-state index contributed by atoms with van der Waals surface area (Å²) in [5, 5.41) is 12.5. The number of carbonyl (C=O) groups is 1. The normalized spacial score (nSPS) is 10.7. The summed E-state index contributed by atoms with van der Waals surface area (Å²) >= 11 is 0. The number of carbonyl (C=O) groups excluding carboxylic acids is 1. The maximum absolute atomic E-state index is 12.2. The Hall–Kier alpha value is -1.79. The third-order valence-electron chi connectivity index (χ3n) is 3.78. The van der Waals surface area contributed by atoms with Gasteiger partial charge in [-0.15, -0.1) is 0 Å². The molecule has 0 atom stereocenters. The van der Waals surface area contributed by atoms with E-state index in [1.807, 2.05) is 13.8 Å². The Morgan fingerprint density at radius 2 is 1.73 bits per heavy atom. The molecule has 0 aliphatic carbocycles. The van der Waals surface area contributed by atoms with E-state index in [4.69, 9.17) is 10.5 Å². The average molecular weight is 426 g/mol. The minimum absolute atomic E-state index is 0.0188. The van der Waals surface area contributed by atoms with Crippen LogP contribution >= 0.6 is 0 Å². The summed E-state index contributed by atoms with van der Waals surface area (Å²) in [5.41, 5.74) is 6.41. The SMILES string of the molecule is CC.CC(C)C.COc1cc(C(=O)NCCN(CCN)CCC(C)(C)C)ccc1O. The first-order valence-corrected chi connectivity index (χ1v) is 11.1. The quantitative estimate of drug-likeness (QED) is 0.541. The molecule has 0 fully saturated rings. The molecule has 0 unspecified atom stereocenters. The van der Waals surface area contributed by atoms with Crippen molar-refractivity contribution in [3.8, 4) is 11.5 Å². The van der Waals surface area contributed by atoms with Crippen LogP contribution in [0.4, 0.5) is 0 Å². The first-order valence-electron chi connectivity index (χ1n) is 11.1. The van der Waals surface area contributed by atoms with Gasteiger partial charge in [0.2, 0.25) is 0 Å². The van der Waals surface area contributed by atoms with Crippen LogP contribution < -0.4 is 15.8 Å². The molecule has 0 aliphatic rings. The zero-order chi connectivity index (χ0) is 23.7. The van der Waals surface area contributed by atoms with Crippen LogP contribution in [0.2, 0.25) is 0 Å². The lowest BCUT2D eigenvalue weighted by Crippen LogP contribution is -2.38. The summed E-state index contributed by atoms with van der Waals surface area (Å²) in [6.45, 7) is 20.8. The fourth-order valence-electron chi connectivity index (χ4n) is 2.26. The zero-order valence-electron chi connectivity index (χ0n) is 20.8. The molecule has 4 N–H and O–H groups in total. The molecule has 0 saturated heterocycles. The van der Waals surface area contributed by atoms with Gasteiger partial charge in [0, 0.05) is 31.7 Å². The standard InChI is InChI=1S/C18H31N3O3.C4H10.C2H6/c1-18(2,3)7-10-21(11-8-19)12-9-20-17(23)14-5-6-15(22)16(13-14)24-4;1-4(2)3;1-2/h5-6,13,22H,7-12,19H2,1-4H3,(H,20,23);4H,1-3H3;1-2H3. The van der Waals surface area contributed by atoms with Gasteiger partial charge in [0.1, 0.15) is 0 Å². The predicted molar refractivity (Wildman–Crippen MR) is 128 cm³/mol. The van der Waals surface area contributed by atoms with E-state index < -0.39 is 0 Å². The van der Waals surface area contributed by atoms with Crippen molar-refractivity contribution in [1.82, 2.24) is 10.2 Å². The lowest BCUT2D eigenvalue weighted by molar-refractivity contribution is 0.0947. The number of hydrogen-bond acceptors (Lipinski definition) is 5. The van der Waals surface area contributed by atoms with Crippen molar-refractivity contribution in [3.05, 3.63) is 23.8 Å². The first kappa shape index (κ1) is 30.4. The van der Waals surface area contributed by atoms with E-state index >= 15 is 0 Å². The van der Waals surface area contributed by atoms with Crippen molar-refractivity contribution in [3.63, 3.8) is 0 Å². The Bertz CT molecular complexity index is 567. The van der Waals surface area contributed by atoms with Gasteiger partial charge in [-0.3, -0.25) is 4.79 Å². The van der Waals surface area contributed by atoms with Crippen LogP contribution in [-0.4, -0.2) is 55.7 Å². The number of phenolic OH excluding ortho intramolecular Hbond substituents is 1. The van der Waals surface area contributed by atoms with Gasteiger partial charge < -0.3 is 25.8 Å². The molecule has 1 amide bonds. The van der Waals surface area contributed by atoms with Gasteiger partial charge in [-0.25, -0.2) is 0 Å². The lowest BCUT2D eigenvalue weighted by Gasteiger charge is -2.26. The topological polar surface area (TPSA) is 87.8 Å². The van der Waals surface area contributed by atoms with E-state index in [1.54, 1.807) is 6.07 Å². The maximum Gasteiger partial charge on any atom is 0.251 e. The highest BCUT2D eigenvalue weighted by atomic mass is 16.5. The molecule has 6 nitrogen and oxygen atoms in total. The second kappa shape index (κ2) is 16.9. The van der Waals surface area contributed by atoms with Crippen molar-refractivity contribution < 1.29 is 14.6 Å². The van der Waals surface area contributed by atoms with E-state index in [-0.39, 0.29) is 22.8 Å². The van der Waals surface area contributed by atoms with E-state index in [1.165, 1.54) is 19.2 Å². The Balaban J connectivity index is 0. The van der Waals surface area contributed by atoms with E-state index in [9.17, 15) is 9.90 Å². The van der Waals surface area contributed by atoms with Crippen LogP contribution in [-0.2, 0) is 0 Å². The minimum Gasteiger partial charge on any atom is -0.504 e. The van der Waals surface area contributed by atoms with Crippen molar-refractivity contribution in [2.75, 3.05) is 39.8 Å². The fraction of sp³-hybridized carbons (Fsp3) is 0.708. The summed E-state index contributed by atoms with van der Waals surface area (Å²) in [5.74, 6) is 0.958. The molecule has 0 bridgehead atoms. The molecule has 1 aromatic rings. The smallest absolute Gasteiger partial charge is 0.251 e. The van der Waals surface area contributed by atoms with E-state index in [0.29, 0.717) is 18.7 Å². The summed E-state index contributed by atoms with van der Waals surface area (Å²) in [7, 11) is 1.46. The zero-order valence-corrected chi connectivity index (χ0v) is 20.8. The molecule has 1 aromatic carbocycles. The number of aromatic hydroxyl groups is 1. The van der Waals surface area contributed by atoms with Gasteiger partial charge in [-0.2, -0.15) is 0 Å². The van der Waals surface area contributed by atoms with Crippen molar-refractivity contribution in [2.45, 2.75) is 61.8 Å². The van der Waals surface area contributed by atoms with Gasteiger partial charge in [0.25, 0.3) is 5.91 Å². The molecule has 30 heavy (non-hydrogen) atoms. The molecule has 0 aromatic heterocycles. The van der Waals surface area contributed by atoms with Gasteiger partial charge in [-0.1, -0.05) is 55.4 Å². The van der Waals surface area contributed by atoms with Crippen LogP contribution in [0, 0.1) is 11.3 Å². The summed E-state index contributed by atoms with van der Waals surface area (Å²) in [6.07, 6.45) is 1.08. The van der Waals surface area contributed by atoms with Crippen molar-refractivity contribution in [1.29, 1.82) is 0 Å². The largest absolute Gasteiger partial charge is 0.504 e. The van der Waals surface area contributed by atoms with Gasteiger partial charge in [0.05, 0.1) is 7.11 Å². The second-order valence-electron chi connectivity index (χ2n) is 8.82. The van der Waals surface area contributed by atoms with Gasteiger partial charge in [-0.05, 0) is 42.5 Å². The molecule has 176 valence electrons. The number of ether oxygens (including phenoxy) is 1. The molecule has 0 spiro atoms. The van der Waals surface area contributed by atoms with Crippen LogP contribution in [0.5, 0.6) is 11.5 Å².